The van der Waals surface area contributed by atoms with Gasteiger partial charge >= 0.3 is 11.9 Å². The molecule has 0 bridgehead atoms. The molecule has 0 aromatic heterocycles. The molecule has 0 amide bonds. The Labute approximate surface area is 143 Å². The summed E-state index contributed by atoms with van der Waals surface area (Å²) in [5.74, 6) is -1.92. The zero-order valence-electron chi connectivity index (χ0n) is 12.7. The molecule has 0 aliphatic carbocycles. The molecule has 1 aromatic rings. The number of rotatable bonds is 6. The normalized spacial score (nSPS) is 10.9. The number of ether oxygens (including phenoxy) is 2. The molecular weight excluding hydrogens is 345 g/mol. The van der Waals surface area contributed by atoms with Gasteiger partial charge in [0.15, 0.2) is 5.78 Å². The molecule has 6 nitrogen and oxygen atoms in total. The lowest BCUT2D eigenvalue weighted by molar-refractivity contribution is -0.137. The summed E-state index contributed by atoms with van der Waals surface area (Å²) in [5, 5.41) is 2.96. The Kier molecular flexibility index (Phi) is 7.06. The summed E-state index contributed by atoms with van der Waals surface area (Å²) in [6.07, 6.45) is 1.14. The van der Waals surface area contributed by atoms with Gasteiger partial charge in [-0.2, -0.15) is 0 Å². The zero-order valence-corrected chi connectivity index (χ0v) is 14.2. The van der Waals surface area contributed by atoms with Crippen LogP contribution in [0.5, 0.6) is 0 Å². The van der Waals surface area contributed by atoms with Crippen molar-refractivity contribution in [2.24, 2.45) is 0 Å². The van der Waals surface area contributed by atoms with E-state index in [0.29, 0.717) is 0 Å². The van der Waals surface area contributed by atoms with Gasteiger partial charge in [-0.1, -0.05) is 23.2 Å². The molecule has 0 heterocycles. The molecule has 0 aliphatic heterocycles. The van der Waals surface area contributed by atoms with Crippen molar-refractivity contribution in [3.05, 3.63) is 39.5 Å². The monoisotopic (exact) mass is 359 g/mol. The molecule has 0 unspecified atom stereocenters. The maximum Gasteiger partial charge on any atom is 0.342 e. The van der Waals surface area contributed by atoms with E-state index >= 15 is 0 Å². The smallest absolute Gasteiger partial charge is 0.342 e. The molecular formula is C15H15Cl2NO5. The van der Waals surface area contributed by atoms with Crippen LogP contribution in [0.25, 0.3) is 0 Å². The second kappa shape index (κ2) is 8.55. The first-order valence-electron chi connectivity index (χ1n) is 6.53. The lowest BCUT2D eigenvalue weighted by atomic mass is 10.2. The van der Waals surface area contributed by atoms with Gasteiger partial charge in [-0.25, -0.2) is 9.59 Å². The molecule has 0 fully saturated rings. The van der Waals surface area contributed by atoms with Gasteiger partial charge in [0.2, 0.25) is 0 Å². The third-order valence-corrected chi connectivity index (χ3v) is 3.31. The van der Waals surface area contributed by atoms with Crippen molar-refractivity contribution >= 4 is 46.6 Å². The third-order valence-electron chi connectivity index (χ3n) is 2.69. The van der Waals surface area contributed by atoms with Gasteiger partial charge in [0.05, 0.1) is 30.0 Å². The number of methoxy groups -OCH3 is 1. The van der Waals surface area contributed by atoms with Crippen LogP contribution < -0.4 is 5.32 Å². The molecule has 0 saturated carbocycles. The van der Waals surface area contributed by atoms with Crippen LogP contribution in [0.3, 0.4) is 0 Å². The van der Waals surface area contributed by atoms with E-state index in [1.165, 1.54) is 19.1 Å². The Balaban J connectivity index is 3.21. The van der Waals surface area contributed by atoms with E-state index in [4.69, 9.17) is 27.9 Å². The third kappa shape index (κ3) is 4.97. The van der Waals surface area contributed by atoms with Crippen molar-refractivity contribution in [3.8, 4) is 0 Å². The van der Waals surface area contributed by atoms with E-state index in [2.05, 4.69) is 10.1 Å². The average molecular weight is 360 g/mol. The Morgan fingerprint density at radius 3 is 2.43 bits per heavy atom. The Morgan fingerprint density at radius 2 is 1.91 bits per heavy atom. The number of Topliss-reactive ketones (excluding diaryl/α,β-unsaturated/α-hetero) is 1. The molecule has 1 aromatic carbocycles. The second-order valence-electron chi connectivity index (χ2n) is 4.29. The van der Waals surface area contributed by atoms with Crippen LogP contribution in [0.1, 0.15) is 24.2 Å². The molecule has 0 spiro atoms. The molecule has 0 saturated heterocycles. The second-order valence-corrected chi connectivity index (χ2v) is 5.10. The average Bonchev–Trinajstić information content (AvgIpc) is 2.49. The fourth-order valence-corrected chi connectivity index (χ4v) is 2.07. The van der Waals surface area contributed by atoms with Crippen LogP contribution in [-0.2, 0) is 19.1 Å². The standard InChI is InChI=1S/C15H15Cl2NO5/c1-4-23-15(21)10-5-9(16)6-12(13(10)17)18-7-11(8(2)19)14(20)22-3/h5-7,18H,4H2,1-3H3. The zero-order chi connectivity index (χ0) is 17.6. The lowest BCUT2D eigenvalue weighted by Crippen LogP contribution is -2.13. The van der Waals surface area contributed by atoms with Crippen LogP contribution in [0, 0.1) is 0 Å². The molecule has 8 heteroatoms. The van der Waals surface area contributed by atoms with E-state index < -0.39 is 17.7 Å². The summed E-state index contributed by atoms with van der Waals surface area (Å²) in [6.45, 7) is 3.06. The quantitative estimate of drug-likeness (QED) is 0.363. The topological polar surface area (TPSA) is 81.7 Å². The molecule has 0 radical (unpaired) electrons. The Bertz CT molecular complexity index is 670. The van der Waals surface area contributed by atoms with Crippen molar-refractivity contribution in [2.75, 3.05) is 19.0 Å². The fraction of sp³-hybridized carbons (Fsp3) is 0.267. The van der Waals surface area contributed by atoms with Gasteiger partial charge in [0.1, 0.15) is 5.57 Å². The summed E-state index contributed by atoms with van der Waals surface area (Å²) in [5.41, 5.74) is 0.102. The first kappa shape index (κ1) is 19.0. The van der Waals surface area contributed by atoms with E-state index in [0.717, 1.165) is 13.3 Å². The molecule has 1 N–H and O–H groups in total. The number of hydrogen-bond donors (Lipinski definition) is 1. The number of halogens is 2. The van der Waals surface area contributed by atoms with E-state index in [1.807, 2.05) is 0 Å². The number of hydrogen-bond acceptors (Lipinski definition) is 6. The van der Waals surface area contributed by atoms with Crippen LogP contribution >= 0.6 is 23.2 Å². The van der Waals surface area contributed by atoms with Crippen LogP contribution in [0.2, 0.25) is 10.0 Å². The van der Waals surface area contributed by atoms with Crippen LogP contribution in [-0.4, -0.2) is 31.4 Å². The predicted molar refractivity (Wildman–Crippen MR) is 86.8 cm³/mol. The number of carbonyl (C=O) groups excluding carboxylic acids is 3. The molecule has 124 valence electrons. The lowest BCUT2D eigenvalue weighted by Gasteiger charge is -2.11. The minimum atomic E-state index is -0.797. The summed E-state index contributed by atoms with van der Waals surface area (Å²) in [6, 6.07) is 2.81. The Morgan fingerprint density at radius 1 is 1.26 bits per heavy atom. The SMILES string of the molecule is CCOC(=O)c1cc(Cl)cc(NC=C(C(C)=O)C(=O)OC)c1Cl. The highest BCUT2D eigenvalue weighted by Crippen LogP contribution is 2.31. The summed E-state index contributed by atoms with van der Waals surface area (Å²) in [4.78, 5) is 34.8. The van der Waals surface area contributed by atoms with Crippen molar-refractivity contribution in [1.82, 2.24) is 0 Å². The highest BCUT2D eigenvalue weighted by Gasteiger charge is 2.18. The fourth-order valence-electron chi connectivity index (χ4n) is 1.62. The van der Waals surface area contributed by atoms with Gasteiger partial charge < -0.3 is 14.8 Å². The largest absolute Gasteiger partial charge is 0.465 e. The van der Waals surface area contributed by atoms with E-state index in [9.17, 15) is 14.4 Å². The Hall–Kier alpha value is -2.05. The minimum absolute atomic E-state index is 0.0527. The first-order chi connectivity index (χ1) is 10.8. The van der Waals surface area contributed by atoms with Crippen molar-refractivity contribution in [3.63, 3.8) is 0 Å². The first-order valence-corrected chi connectivity index (χ1v) is 7.29. The maximum atomic E-state index is 11.8. The molecule has 0 atom stereocenters. The number of ketones is 1. The number of benzene rings is 1. The van der Waals surface area contributed by atoms with Gasteiger partial charge in [0, 0.05) is 11.2 Å². The summed E-state index contributed by atoms with van der Waals surface area (Å²) >= 11 is 12.1. The van der Waals surface area contributed by atoms with Gasteiger partial charge in [-0.05, 0) is 26.0 Å². The van der Waals surface area contributed by atoms with Crippen molar-refractivity contribution in [2.45, 2.75) is 13.8 Å². The molecule has 0 aliphatic rings. The van der Waals surface area contributed by atoms with Gasteiger partial charge in [0.25, 0.3) is 0 Å². The predicted octanol–water partition coefficient (Wildman–Crippen LogP) is 3.23. The van der Waals surface area contributed by atoms with Gasteiger partial charge in [-0.3, -0.25) is 4.79 Å². The number of carbonyl (C=O) groups is 3. The van der Waals surface area contributed by atoms with E-state index in [1.54, 1.807) is 6.92 Å². The highest BCUT2D eigenvalue weighted by atomic mass is 35.5. The van der Waals surface area contributed by atoms with Crippen molar-refractivity contribution < 1.29 is 23.9 Å². The number of esters is 2. The van der Waals surface area contributed by atoms with Crippen LogP contribution in [0.4, 0.5) is 5.69 Å². The van der Waals surface area contributed by atoms with Gasteiger partial charge in [-0.15, -0.1) is 0 Å². The van der Waals surface area contributed by atoms with E-state index in [-0.39, 0.29) is 33.5 Å². The maximum absolute atomic E-state index is 11.8. The summed E-state index contributed by atoms with van der Waals surface area (Å²) < 4.78 is 9.39. The highest BCUT2D eigenvalue weighted by molar-refractivity contribution is 6.38. The number of anilines is 1. The molecule has 23 heavy (non-hydrogen) atoms. The van der Waals surface area contributed by atoms with Crippen LogP contribution in [0.15, 0.2) is 23.9 Å². The van der Waals surface area contributed by atoms with Crippen molar-refractivity contribution in [1.29, 1.82) is 0 Å². The summed E-state index contributed by atoms with van der Waals surface area (Å²) in [7, 11) is 1.16. The molecule has 1 rings (SSSR count). The number of nitrogens with one attached hydrogen (secondary N) is 1. The minimum Gasteiger partial charge on any atom is -0.465 e.